The molecule has 1 heterocycles. The van der Waals surface area contributed by atoms with E-state index in [2.05, 4.69) is 0 Å². The monoisotopic (exact) mass is 228 g/mol. The zero-order chi connectivity index (χ0) is 11.8. The van der Waals surface area contributed by atoms with Gasteiger partial charge in [-0.3, -0.25) is 0 Å². The van der Waals surface area contributed by atoms with Crippen molar-refractivity contribution in [3.05, 3.63) is 71.0 Å². The molecule has 0 saturated carbocycles. The molecule has 0 N–H and O–H groups in total. The Morgan fingerprint density at radius 1 is 1.06 bits per heavy atom. The third-order valence-electron chi connectivity index (χ3n) is 2.84. The van der Waals surface area contributed by atoms with E-state index in [1.54, 1.807) is 24.3 Å². The zero-order valence-electron chi connectivity index (χ0n) is 8.89. The van der Waals surface area contributed by atoms with Gasteiger partial charge in [0.1, 0.15) is 5.82 Å². The molecule has 0 amide bonds. The molecule has 2 nitrogen and oxygen atoms in total. The first kappa shape index (κ1) is 10.0. The number of hydrogen-bond acceptors (Lipinski definition) is 2. The van der Waals surface area contributed by atoms with Gasteiger partial charge >= 0.3 is 5.97 Å². The molecule has 0 bridgehead atoms. The fourth-order valence-electron chi connectivity index (χ4n) is 2.06. The van der Waals surface area contributed by atoms with E-state index in [-0.39, 0.29) is 11.8 Å². The molecule has 1 atom stereocenters. The highest BCUT2D eigenvalue weighted by atomic mass is 19.1. The van der Waals surface area contributed by atoms with Crippen molar-refractivity contribution in [3.63, 3.8) is 0 Å². The summed E-state index contributed by atoms with van der Waals surface area (Å²) in [6, 6.07) is 13.3. The number of rotatable bonds is 1. The Labute approximate surface area is 97.7 Å². The van der Waals surface area contributed by atoms with E-state index in [4.69, 9.17) is 4.74 Å². The number of carbonyl (C=O) groups is 1. The third-order valence-corrected chi connectivity index (χ3v) is 2.84. The smallest absolute Gasteiger partial charge is 0.339 e. The van der Waals surface area contributed by atoms with Crippen LogP contribution in [-0.4, -0.2) is 5.97 Å². The summed E-state index contributed by atoms with van der Waals surface area (Å²) >= 11 is 0. The summed E-state index contributed by atoms with van der Waals surface area (Å²) in [6.07, 6.45) is -0.491. The van der Waals surface area contributed by atoms with Gasteiger partial charge in [0, 0.05) is 5.56 Å². The second-order valence-electron chi connectivity index (χ2n) is 3.93. The summed E-state index contributed by atoms with van der Waals surface area (Å²) in [5.74, 6) is -0.683. The SMILES string of the molecule is O=C1OC(c2cccc(F)c2)c2ccccc21. The minimum atomic E-state index is -0.491. The number of halogens is 1. The van der Waals surface area contributed by atoms with Gasteiger partial charge in [-0.25, -0.2) is 9.18 Å². The van der Waals surface area contributed by atoms with Crippen molar-refractivity contribution in [1.29, 1.82) is 0 Å². The number of hydrogen-bond donors (Lipinski definition) is 0. The molecule has 3 rings (SSSR count). The molecule has 84 valence electrons. The number of cyclic esters (lactones) is 1. The number of carbonyl (C=O) groups excluding carboxylic acids is 1. The lowest BCUT2D eigenvalue weighted by Gasteiger charge is -2.10. The lowest BCUT2D eigenvalue weighted by molar-refractivity contribution is 0.0455. The molecule has 0 aliphatic carbocycles. The van der Waals surface area contributed by atoms with E-state index in [0.29, 0.717) is 11.1 Å². The minimum absolute atomic E-state index is 0.331. The Morgan fingerprint density at radius 3 is 2.71 bits per heavy atom. The largest absolute Gasteiger partial charge is 0.449 e. The first-order valence-corrected chi connectivity index (χ1v) is 5.31. The number of benzene rings is 2. The van der Waals surface area contributed by atoms with E-state index < -0.39 is 6.10 Å². The lowest BCUT2D eigenvalue weighted by Crippen LogP contribution is -2.00. The van der Waals surface area contributed by atoms with Crippen molar-refractivity contribution < 1.29 is 13.9 Å². The van der Waals surface area contributed by atoms with Crippen LogP contribution in [0.1, 0.15) is 27.6 Å². The maximum Gasteiger partial charge on any atom is 0.339 e. The van der Waals surface area contributed by atoms with Crippen LogP contribution in [0.5, 0.6) is 0 Å². The van der Waals surface area contributed by atoms with Gasteiger partial charge in [0.25, 0.3) is 0 Å². The van der Waals surface area contributed by atoms with Crippen LogP contribution in [-0.2, 0) is 4.74 Å². The molecule has 0 fully saturated rings. The molecule has 17 heavy (non-hydrogen) atoms. The predicted molar refractivity (Wildman–Crippen MR) is 60.1 cm³/mol. The van der Waals surface area contributed by atoms with Gasteiger partial charge < -0.3 is 4.74 Å². The van der Waals surface area contributed by atoms with Gasteiger partial charge in [0.05, 0.1) is 5.56 Å². The van der Waals surface area contributed by atoms with Crippen molar-refractivity contribution >= 4 is 5.97 Å². The molecule has 2 aromatic carbocycles. The molecule has 1 unspecified atom stereocenters. The summed E-state index contributed by atoms with van der Waals surface area (Å²) < 4.78 is 18.4. The van der Waals surface area contributed by atoms with Crippen LogP contribution in [0.2, 0.25) is 0 Å². The molecule has 1 aliphatic rings. The van der Waals surface area contributed by atoms with Crippen LogP contribution in [0, 0.1) is 5.82 Å². The highest BCUT2D eigenvalue weighted by Crippen LogP contribution is 2.35. The van der Waals surface area contributed by atoms with Gasteiger partial charge in [0.2, 0.25) is 0 Å². The average Bonchev–Trinajstić information content (AvgIpc) is 2.68. The first-order valence-electron chi connectivity index (χ1n) is 5.31. The fourth-order valence-corrected chi connectivity index (χ4v) is 2.06. The summed E-state index contributed by atoms with van der Waals surface area (Å²) in [6.45, 7) is 0. The Hall–Kier alpha value is -2.16. The molecule has 2 aromatic rings. The second kappa shape index (κ2) is 3.70. The lowest BCUT2D eigenvalue weighted by atomic mass is 9.99. The maximum atomic E-state index is 13.2. The quantitative estimate of drug-likeness (QED) is 0.701. The van der Waals surface area contributed by atoms with Crippen LogP contribution < -0.4 is 0 Å². The van der Waals surface area contributed by atoms with Crippen LogP contribution >= 0.6 is 0 Å². The number of fused-ring (bicyclic) bond motifs is 1. The maximum absolute atomic E-state index is 13.2. The van der Waals surface area contributed by atoms with Crippen LogP contribution in [0.3, 0.4) is 0 Å². The van der Waals surface area contributed by atoms with E-state index in [1.165, 1.54) is 12.1 Å². The summed E-state index contributed by atoms with van der Waals surface area (Å²) in [7, 11) is 0. The van der Waals surface area contributed by atoms with Crippen LogP contribution in [0.15, 0.2) is 48.5 Å². The Balaban J connectivity index is 2.10. The van der Waals surface area contributed by atoms with Crippen molar-refractivity contribution in [2.24, 2.45) is 0 Å². The van der Waals surface area contributed by atoms with Gasteiger partial charge in [0.15, 0.2) is 6.10 Å². The average molecular weight is 228 g/mol. The molecule has 0 radical (unpaired) electrons. The molecule has 0 saturated heterocycles. The van der Waals surface area contributed by atoms with Crippen molar-refractivity contribution in [2.75, 3.05) is 0 Å². The van der Waals surface area contributed by atoms with Crippen molar-refractivity contribution in [1.82, 2.24) is 0 Å². The second-order valence-corrected chi connectivity index (χ2v) is 3.93. The van der Waals surface area contributed by atoms with Crippen LogP contribution in [0.4, 0.5) is 4.39 Å². The Morgan fingerprint density at radius 2 is 1.88 bits per heavy atom. The standard InChI is InChI=1S/C14H9FO2/c15-10-5-3-4-9(8-10)13-11-6-1-2-7-12(11)14(16)17-13/h1-8,13H. The minimum Gasteiger partial charge on any atom is -0.449 e. The fraction of sp³-hybridized carbons (Fsp3) is 0.0714. The Kier molecular flexibility index (Phi) is 2.18. The van der Waals surface area contributed by atoms with E-state index in [9.17, 15) is 9.18 Å². The normalized spacial score (nSPS) is 17.7. The van der Waals surface area contributed by atoms with E-state index in [0.717, 1.165) is 5.56 Å². The first-order chi connectivity index (χ1) is 8.25. The highest BCUT2D eigenvalue weighted by Gasteiger charge is 2.31. The number of esters is 1. The summed E-state index contributed by atoms with van der Waals surface area (Å²) in [5.41, 5.74) is 2.01. The summed E-state index contributed by atoms with van der Waals surface area (Å²) in [4.78, 5) is 11.6. The summed E-state index contributed by atoms with van der Waals surface area (Å²) in [5, 5.41) is 0. The molecular weight excluding hydrogens is 219 g/mol. The zero-order valence-corrected chi connectivity index (χ0v) is 8.89. The van der Waals surface area contributed by atoms with Crippen molar-refractivity contribution in [3.8, 4) is 0 Å². The molecular formula is C14H9FO2. The number of ether oxygens (including phenoxy) is 1. The van der Waals surface area contributed by atoms with Gasteiger partial charge in [-0.05, 0) is 23.8 Å². The van der Waals surface area contributed by atoms with Gasteiger partial charge in [-0.15, -0.1) is 0 Å². The molecule has 1 aliphatic heterocycles. The Bertz CT molecular complexity index is 592. The van der Waals surface area contributed by atoms with E-state index in [1.807, 2.05) is 12.1 Å². The highest BCUT2D eigenvalue weighted by molar-refractivity contribution is 5.94. The van der Waals surface area contributed by atoms with Crippen molar-refractivity contribution in [2.45, 2.75) is 6.10 Å². The van der Waals surface area contributed by atoms with Crippen LogP contribution in [0.25, 0.3) is 0 Å². The van der Waals surface area contributed by atoms with E-state index >= 15 is 0 Å². The third kappa shape index (κ3) is 1.60. The predicted octanol–water partition coefficient (Wildman–Crippen LogP) is 3.09. The van der Waals surface area contributed by atoms with Gasteiger partial charge in [-0.1, -0.05) is 30.3 Å². The topological polar surface area (TPSA) is 26.3 Å². The van der Waals surface area contributed by atoms with Gasteiger partial charge in [-0.2, -0.15) is 0 Å². The molecule has 0 spiro atoms. The molecule has 0 aromatic heterocycles. The molecule has 3 heteroatoms.